The van der Waals surface area contributed by atoms with Crippen LogP contribution in [-0.2, 0) is 0 Å². The lowest BCUT2D eigenvalue weighted by molar-refractivity contribution is 0.715. The molecule has 0 saturated carbocycles. The monoisotopic (exact) mass is 294 g/mol. The molecule has 21 heavy (non-hydrogen) atoms. The third-order valence-electron chi connectivity index (χ3n) is 3.91. The molecule has 0 aliphatic heterocycles. The highest BCUT2D eigenvalue weighted by Gasteiger charge is 2.13. The first kappa shape index (κ1) is 14.2. The number of hydrogen-bond donors (Lipinski definition) is 0. The Morgan fingerprint density at radius 3 is 2.38 bits per heavy atom. The second kappa shape index (κ2) is 6.78. The number of allylic oxidation sites excluding steroid dienone is 3. The Balaban J connectivity index is 2.09. The molecule has 0 spiro atoms. The normalized spacial score (nSPS) is 15.7. The first-order chi connectivity index (χ1) is 10.3. The van der Waals surface area contributed by atoms with E-state index in [4.69, 9.17) is 11.6 Å². The van der Waals surface area contributed by atoms with Crippen LogP contribution in [0.15, 0.2) is 66.2 Å². The highest BCUT2D eigenvalue weighted by atomic mass is 35.5. The smallest absolute Gasteiger partial charge is 0.0484 e. The van der Waals surface area contributed by atoms with Gasteiger partial charge in [0.25, 0.3) is 0 Å². The molecule has 0 nitrogen and oxygen atoms in total. The lowest BCUT2D eigenvalue weighted by Gasteiger charge is -2.18. The Labute approximate surface area is 131 Å². The fraction of sp³-hybridized carbons (Fsp3) is 0.200. The van der Waals surface area contributed by atoms with Crippen molar-refractivity contribution >= 4 is 23.3 Å². The summed E-state index contributed by atoms with van der Waals surface area (Å²) >= 11 is 6.44. The molecule has 0 amide bonds. The van der Waals surface area contributed by atoms with Crippen LogP contribution in [0.3, 0.4) is 0 Å². The Kier molecular flexibility index (Phi) is 4.57. The summed E-state index contributed by atoms with van der Waals surface area (Å²) in [5.74, 6) is 0. The van der Waals surface area contributed by atoms with Gasteiger partial charge in [0.1, 0.15) is 0 Å². The molecule has 2 aromatic carbocycles. The van der Waals surface area contributed by atoms with Crippen molar-refractivity contribution in [3.63, 3.8) is 0 Å². The van der Waals surface area contributed by atoms with Crippen LogP contribution in [0.1, 0.15) is 36.8 Å². The molecule has 0 heterocycles. The van der Waals surface area contributed by atoms with Gasteiger partial charge in [-0.05, 0) is 54.5 Å². The molecule has 0 bridgehead atoms. The maximum Gasteiger partial charge on any atom is 0.0484 e. The minimum atomic E-state index is 0.825. The SMILES string of the molecule is Clc1ccccc1/C(=C/c1ccccc1)C1=CCCCC1. The lowest BCUT2D eigenvalue weighted by atomic mass is 9.88. The zero-order valence-electron chi connectivity index (χ0n) is 12.1. The van der Waals surface area contributed by atoms with E-state index in [0.29, 0.717) is 0 Å². The first-order valence-corrected chi connectivity index (χ1v) is 7.93. The third kappa shape index (κ3) is 3.46. The number of hydrogen-bond acceptors (Lipinski definition) is 0. The van der Waals surface area contributed by atoms with E-state index in [1.807, 2.05) is 18.2 Å². The molecular weight excluding hydrogens is 276 g/mol. The van der Waals surface area contributed by atoms with Gasteiger partial charge in [-0.25, -0.2) is 0 Å². The summed E-state index contributed by atoms with van der Waals surface area (Å²) in [5, 5.41) is 0.825. The molecule has 0 saturated heterocycles. The first-order valence-electron chi connectivity index (χ1n) is 7.55. The molecule has 0 aromatic heterocycles. The molecule has 1 heteroatoms. The van der Waals surface area contributed by atoms with Crippen molar-refractivity contribution in [3.8, 4) is 0 Å². The summed E-state index contributed by atoms with van der Waals surface area (Å²) in [5.41, 5.74) is 5.06. The second-order valence-electron chi connectivity index (χ2n) is 5.42. The van der Waals surface area contributed by atoms with Crippen LogP contribution in [0.4, 0.5) is 0 Å². The van der Waals surface area contributed by atoms with Crippen LogP contribution in [-0.4, -0.2) is 0 Å². The van der Waals surface area contributed by atoms with E-state index in [9.17, 15) is 0 Å². The van der Waals surface area contributed by atoms with Crippen molar-refractivity contribution < 1.29 is 0 Å². The largest absolute Gasteiger partial charge is 0.0837 e. The van der Waals surface area contributed by atoms with Crippen LogP contribution < -0.4 is 0 Å². The Morgan fingerprint density at radius 1 is 0.905 bits per heavy atom. The summed E-state index contributed by atoms with van der Waals surface area (Å²) in [6.45, 7) is 0. The van der Waals surface area contributed by atoms with Crippen LogP contribution in [0, 0.1) is 0 Å². The maximum absolute atomic E-state index is 6.44. The van der Waals surface area contributed by atoms with Gasteiger partial charge in [0.05, 0.1) is 0 Å². The van der Waals surface area contributed by atoms with Gasteiger partial charge >= 0.3 is 0 Å². The number of rotatable bonds is 3. The lowest BCUT2D eigenvalue weighted by Crippen LogP contribution is -1.96. The topological polar surface area (TPSA) is 0 Å². The van der Waals surface area contributed by atoms with Crippen molar-refractivity contribution in [2.75, 3.05) is 0 Å². The van der Waals surface area contributed by atoms with Crippen LogP contribution in [0.25, 0.3) is 11.6 Å². The fourth-order valence-electron chi connectivity index (χ4n) is 2.82. The standard InChI is InChI=1S/C20H19Cl/c21-20-14-8-7-13-18(20)19(17-11-5-2-6-12-17)15-16-9-3-1-4-10-16/h1,3-4,7-11,13-15H,2,5-6,12H2/b19-15+. The zero-order valence-corrected chi connectivity index (χ0v) is 12.8. The molecule has 0 atom stereocenters. The second-order valence-corrected chi connectivity index (χ2v) is 5.83. The van der Waals surface area contributed by atoms with Gasteiger partial charge in [-0.1, -0.05) is 66.2 Å². The van der Waals surface area contributed by atoms with E-state index in [2.05, 4.69) is 48.6 Å². The summed E-state index contributed by atoms with van der Waals surface area (Å²) in [6, 6.07) is 18.6. The van der Waals surface area contributed by atoms with Crippen LogP contribution in [0.2, 0.25) is 5.02 Å². The maximum atomic E-state index is 6.44. The van der Waals surface area contributed by atoms with Crippen molar-refractivity contribution in [1.82, 2.24) is 0 Å². The summed E-state index contributed by atoms with van der Waals surface area (Å²) in [6.07, 6.45) is 9.52. The minimum absolute atomic E-state index is 0.825. The van der Waals surface area contributed by atoms with E-state index in [-0.39, 0.29) is 0 Å². The van der Waals surface area contributed by atoms with E-state index >= 15 is 0 Å². The van der Waals surface area contributed by atoms with Crippen LogP contribution in [0.5, 0.6) is 0 Å². The van der Waals surface area contributed by atoms with Crippen molar-refractivity contribution in [3.05, 3.63) is 82.4 Å². The highest BCUT2D eigenvalue weighted by molar-refractivity contribution is 6.32. The van der Waals surface area contributed by atoms with Gasteiger partial charge in [0.15, 0.2) is 0 Å². The zero-order chi connectivity index (χ0) is 14.5. The molecule has 0 N–H and O–H groups in total. The van der Waals surface area contributed by atoms with E-state index < -0.39 is 0 Å². The average molecular weight is 295 g/mol. The molecule has 0 unspecified atom stereocenters. The predicted molar refractivity (Wildman–Crippen MR) is 92.3 cm³/mol. The molecule has 106 valence electrons. The summed E-state index contributed by atoms with van der Waals surface area (Å²) in [4.78, 5) is 0. The third-order valence-corrected chi connectivity index (χ3v) is 4.24. The van der Waals surface area contributed by atoms with Crippen LogP contribution >= 0.6 is 11.6 Å². The van der Waals surface area contributed by atoms with E-state index in [0.717, 1.165) is 17.0 Å². The summed E-state index contributed by atoms with van der Waals surface area (Å²) in [7, 11) is 0. The van der Waals surface area contributed by atoms with E-state index in [1.54, 1.807) is 0 Å². The van der Waals surface area contributed by atoms with Gasteiger partial charge in [0.2, 0.25) is 0 Å². The van der Waals surface area contributed by atoms with Gasteiger partial charge in [-0.3, -0.25) is 0 Å². The van der Waals surface area contributed by atoms with Gasteiger partial charge in [0, 0.05) is 10.6 Å². The van der Waals surface area contributed by atoms with Gasteiger partial charge < -0.3 is 0 Å². The molecular formula is C20H19Cl. The molecule has 2 aromatic rings. The molecule has 1 aliphatic carbocycles. The van der Waals surface area contributed by atoms with Gasteiger partial charge in [-0.2, -0.15) is 0 Å². The number of halogens is 1. The van der Waals surface area contributed by atoms with Gasteiger partial charge in [-0.15, -0.1) is 0 Å². The minimum Gasteiger partial charge on any atom is -0.0837 e. The predicted octanol–water partition coefficient (Wildman–Crippen LogP) is 6.38. The van der Waals surface area contributed by atoms with Crippen molar-refractivity contribution in [1.29, 1.82) is 0 Å². The molecule has 3 rings (SSSR count). The molecule has 0 radical (unpaired) electrons. The summed E-state index contributed by atoms with van der Waals surface area (Å²) < 4.78 is 0. The Bertz CT molecular complexity index is 665. The van der Waals surface area contributed by atoms with E-state index in [1.165, 1.54) is 36.0 Å². The quantitative estimate of drug-likeness (QED) is 0.576. The molecule has 0 fully saturated rings. The number of benzene rings is 2. The average Bonchev–Trinajstić information content (AvgIpc) is 2.55. The van der Waals surface area contributed by atoms with Crippen molar-refractivity contribution in [2.24, 2.45) is 0 Å². The molecule has 1 aliphatic rings. The fourth-order valence-corrected chi connectivity index (χ4v) is 3.06. The highest BCUT2D eigenvalue weighted by Crippen LogP contribution is 2.35. The van der Waals surface area contributed by atoms with Crippen molar-refractivity contribution in [2.45, 2.75) is 25.7 Å². The Hall–Kier alpha value is -1.79. The Morgan fingerprint density at radius 2 is 1.67 bits per heavy atom.